The van der Waals surface area contributed by atoms with Crippen LogP contribution in [0.5, 0.6) is 0 Å². The average Bonchev–Trinajstić information content (AvgIpc) is 2.93. The predicted molar refractivity (Wildman–Crippen MR) is 76.9 cm³/mol. The van der Waals surface area contributed by atoms with E-state index < -0.39 is 0 Å². The van der Waals surface area contributed by atoms with Gasteiger partial charge in [-0.05, 0) is 50.3 Å². The molecular weight excluding hydrogens is 280 g/mol. The van der Waals surface area contributed by atoms with Crippen LogP contribution >= 0.6 is 23.1 Å². The molecule has 19 heavy (non-hydrogen) atoms. The Hall–Kier alpha value is -1.21. The second kappa shape index (κ2) is 5.42. The minimum atomic E-state index is -0.186. The van der Waals surface area contributed by atoms with Crippen molar-refractivity contribution in [2.75, 3.05) is 5.75 Å². The molecule has 0 saturated heterocycles. The number of carbonyl (C=O) groups is 1. The van der Waals surface area contributed by atoms with Crippen LogP contribution < -0.4 is 0 Å². The van der Waals surface area contributed by atoms with Crippen molar-refractivity contribution >= 4 is 28.9 Å². The number of rotatable bonds is 4. The molecule has 0 aromatic carbocycles. The lowest BCUT2D eigenvalue weighted by atomic mass is 10.1. The largest absolute Gasteiger partial charge is 0.292 e. The first kappa shape index (κ1) is 14.2. The van der Waals surface area contributed by atoms with E-state index in [-0.39, 0.29) is 11.3 Å². The fourth-order valence-corrected chi connectivity index (χ4v) is 3.31. The van der Waals surface area contributed by atoms with Crippen LogP contribution in [-0.4, -0.2) is 31.7 Å². The normalized spacial score (nSPS) is 11.8. The van der Waals surface area contributed by atoms with Crippen molar-refractivity contribution in [1.82, 2.24) is 20.2 Å². The second-order valence-corrected chi connectivity index (χ2v) is 7.40. The van der Waals surface area contributed by atoms with Crippen molar-refractivity contribution in [1.29, 1.82) is 0 Å². The third-order valence-corrected chi connectivity index (χ3v) is 4.38. The first-order valence-electron chi connectivity index (χ1n) is 5.89. The van der Waals surface area contributed by atoms with Gasteiger partial charge in [-0.1, -0.05) is 11.8 Å². The van der Waals surface area contributed by atoms with E-state index in [0.717, 1.165) is 9.75 Å². The highest BCUT2D eigenvalue weighted by atomic mass is 32.2. The SMILES string of the molecule is Cc1ccc(C(=O)CSc2nnnn2C(C)(C)C)s1. The molecule has 5 nitrogen and oxygen atoms in total. The lowest BCUT2D eigenvalue weighted by molar-refractivity contribution is 0.102. The highest BCUT2D eigenvalue weighted by Gasteiger charge is 2.21. The minimum Gasteiger partial charge on any atom is -0.292 e. The number of hydrogen-bond donors (Lipinski definition) is 0. The van der Waals surface area contributed by atoms with E-state index in [2.05, 4.69) is 15.5 Å². The van der Waals surface area contributed by atoms with Gasteiger partial charge in [-0.2, -0.15) is 0 Å². The van der Waals surface area contributed by atoms with Gasteiger partial charge in [0.15, 0.2) is 5.78 Å². The van der Waals surface area contributed by atoms with E-state index in [1.54, 1.807) is 4.68 Å². The molecule has 0 bridgehead atoms. The smallest absolute Gasteiger partial charge is 0.210 e. The first-order valence-corrected chi connectivity index (χ1v) is 7.69. The van der Waals surface area contributed by atoms with Gasteiger partial charge in [0, 0.05) is 4.88 Å². The van der Waals surface area contributed by atoms with Crippen LogP contribution in [0.2, 0.25) is 0 Å². The van der Waals surface area contributed by atoms with E-state index in [1.165, 1.54) is 23.1 Å². The molecule has 0 N–H and O–H groups in total. The van der Waals surface area contributed by atoms with Crippen molar-refractivity contribution in [3.05, 3.63) is 21.9 Å². The number of aryl methyl sites for hydroxylation is 1. The van der Waals surface area contributed by atoms with Gasteiger partial charge in [0.1, 0.15) is 0 Å². The van der Waals surface area contributed by atoms with Crippen molar-refractivity contribution in [3.8, 4) is 0 Å². The number of tetrazole rings is 1. The van der Waals surface area contributed by atoms with Gasteiger partial charge in [-0.25, -0.2) is 4.68 Å². The number of thiophene rings is 1. The number of aromatic nitrogens is 4. The Balaban J connectivity index is 2.04. The molecule has 0 saturated carbocycles. The zero-order valence-electron chi connectivity index (χ0n) is 11.4. The van der Waals surface area contributed by atoms with E-state index in [9.17, 15) is 4.79 Å². The number of carbonyl (C=O) groups excluding carboxylic acids is 1. The van der Waals surface area contributed by atoms with Gasteiger partial charge in [0.05, 0.1) is 16.2 Å². The van der Waals surface area contributed by atoms with E-state index in [4.69, 9.17) is 0 Å². The minimum absolute atomic E-state index is 0.117. The van der Waals surface area contributed by atoms with Gasteiger partial charge in [0.2, 0.25) is 5.16 Å². The fraction of sp³-hybridized carbons (Fsp3) is 0.500. The highest BCUT2D eigenvalue weighted by molar-refractivity contribution is 7.99. The van der Waals surface area contributed by atoms with Gasteiger partial charge in [-0.3, -0.25) is 4.79 Å². The summed E-state index contributed by atoms with van der Waals surface area (Å²) in [6.07, 6.45) is 0. The summed E-state index contributed by atoms with van der Waals surface area (Å²) >= 11 is 2.90. The van der Waals surface area contributed by atoms with Crippen molar-refractivity contribution in [2.24, 2.45) is 0 Å². The molecule has 0 fully saturated rings. The Bertz CT molecular complexity index is 583. The number of thioether (sulfide) groups is 1. The lowest BCUT2D eigenvalue weighted by Gasteiger charge is -2.19. The maximum Gasteiger partial charge on any atom is 0.210 e. The molecule has 0 amide bonds. The molecule has 0 aliphatic heterocycles. The van der Waals surface area contributed by atoms with E-state index >= 15 is 0 Å². The summed E-state index contributed by atoms with van der Waals surface area (Å²) in [4.78, 5) is 14.0. The Morgan fingerprint density at radius 2 is 2.16 bits per heavy atom. The summed E-state index contributed by atoms with van der Waals surface area (Å²) in [7, 11) is 0. The molecule has 0 spiro atoms. The summed E-state index contributed by atoms with van der Waals surface area (Å²) < 4.78 is 1.74. The zero-order chi connectivity index (χ0) is 14.0. The number of ketones is 1. The quantitative estimate of drug-likeness (QED) is 0.641. The maximum atomic E-state index is 12.0. The van der Waals surface area contributed by atoms with Gasteiger partial charge < -0.3 is 0 Å². The van der Waals surface area contributed by atoms with Gasteiger partial charge in [-0.15, -0.1) is 16.4 Å². The number of nitrogens with zero attached hydrogens (tertiary/aromatic N) is 4. The molecule has 0 atom stereocenters. The molecule has 2 heterocycles. The van der Waals surface area contributed by atoms with Crippen LogP contribution in [0.1, 0.15) is 35.3 Å². The average molecular weight is 296 g/mol. The monoisotopic (exact) mass is 296 g/mol. The third kappa shape index (κ3) is 3.42. The lowest BCUT2D eigenvalue weighted by Crippen LogP contribution is -2.24. The van der Waals surface area contributed by atoms with Crippen LogP contribution in [0.25, 0.3) is 0 Å². The maximum absolute atomic E-state index is 12.0. The standard InChI is InChI=1S/C12H16N4OS2/c1-8-5-6-10(19-8)9(17)7-18-11-13-14-15-16(11)12(2,3)4/h5-6H,7H2,1-4H3. The third-order valence-electron chi connectivity index (χ3n) is 2.42. The summed E-state index contributed by atoms with van der Waals surface area (Å²) in [5.41, 5.74) is -0.186. The van der Waals surface area contributed by atoms with Crippen LogP contribution in [0.3, 0.4) is 0 Å². The van der Waals surface area contributed by atoms with Crippen molar-refractivity contribution in [2.45, 2.75) is 38.4 Å². The topological polar surface area (TPSA) is 60.7 Å². The van der Waals surface area contributed by atoms with E-state index in [0.29, 0.717) is 10.9 Å². The summed E-state index contributed by atoms with van der Waals surface area (Å²) in [5.74, 6) is 0.475. The molecule has 7 heteroatoms. The van der Waals surface area contributed by atoms with Crippen molar-refractivity contribution < 1.29 is 4.79 Å². The molecular formula is C12H16N4OS2. The Morgan fingerprint density at radius 3 is 2.74 bits per heavy atom. The first-order chi connectivity index (χ1) is 8.88. The molecule has 0 radical (unpaired) electrons. The fourth-order valence-electron chi connectivity index (χ4n) is 1.48. The Morgan fingerprint density at radius 1 is 1.42 bits per heavy atom. The molecule has 2 rings (SSSR count). The summed E-state index contributed by atoms with van der Waals surface area (Å²) in [6, 6.07) is 3.83. The molecule has 102 valence electrons. The second-order valence-electron chi connectivity index (χ2n) is 5.17. The van der Waals surface area contributed by atoms with Crippen LogP contribution in [0.15, 0.2) is 17.3 Å². The molecule has 2 aromatic heterocycles. The van der Waals surface area contributed by atoms with Gasteiger partial charge >= 0.3 is 0 Å². The molecule has 0 aliphatic rings. The van der Waals surface area contributed by atoms with Crippen LogP contribution in [0.4, 0.5) is 0 Å². The summed E-state index contributed by atoms with van der Waals surface area (Å²) in [5, 5.41) is 12.3. The predicted octanol–water partition coefficient (Wildman–Crippen LogP) is 2.77. The van der Waals surface area contributed by atoms with E-state index in [1.807, 2.05) is 39.8 Å². The van der Waals surface area contributed by atoms with Crippen LogP contribution in [-0.2, 0) is 5.54 Å². The Labute approximate surface area is 120 Å². The Kier molecular flexibility index (Phi) is 4.05. The number of Topliss-reactive ketones (excluding diaryl/α,β-unsaturated/α-hetero) is 1. The summed E-state index contributed by atoms with van der Waals surface area (Å²) in [6.45, 7) is 8.07. The number of hydrogen-bond acceptors (Lipinski definition) is 6. The highest BCUT2D eigenvalue weighted by Crippen LogP contribution is 2.23. The van der Waals surface area contributed by atoms with Gasteiger partial charge in [0.25, 0.3) is 0 Å². The zero-order valence-corrected chi connectivity index (χ0v) is 13.0. The molecule has 0 unspecified atom stereocenters. The van der Waals surface area contributed by atoms with Crippen molar-refractivity contribution in [3.63, 3.8) is 0 Å². The van der Waals surface area contributed by atoms with Crippen LogP contribution in [0, 0.1) is 6.92 Å². The molecule has 2 aromatic rings. The molecule has 0 aliphatic carbocycles.